The van der Waals surface area contributed by atoms with E-state index in [1.165, 1.54) is 5.56 Å². The fourth-order valence-electron chi connectivity index (χ4n) is 2.14. The molecule has 2 rings (SSSR count). The summed E-state index contributed by atoms with van der Waals surface area (Å²) in [4.78, 5) is 21.0. The number of likely N-dealkylation sites (N-methyl/N-ethyl adjacent to an activating group) is 1. The lowest BCUT2D eigenvalue weighted by atomic mass is 10.1. The number of hydrogen-bond donors (Lipinski definition) is 1. The highest BCUT2D eigenvalue weighted by atomic mass is 16.2. The Bertz CT molecular complexity index is 581. The average Bonchev–Trinajstić information content (AvgIpc) is 3.01. The summed E-state index contributed by atoms with van der Waals surface area (Å²) in [5.74, 6) is 1.01. The zero-order chi connectivity index (χ0) is 15.1. The molecule has 4 nitrogen and oxygen atoms in total. The fraction of sp³-hybridized carbons (Fsp3) is 0.294. The molecule has 1 N–H and O–H groups in total. The molecule has 1 aromatic carbocycles. The number of benzene rings is 1. The second-order valence-corrected chi connectivity index (χ2v) is 4.80. The lowest BCUT2D eigenvalue weighted by Crippen LogP contribution is -2.28. The third-order valence-corrected chi connectivity index (χ3v) is 3.40. The number of amides is 1. The van der Waals surface area contributed by atoms with Crippen molar-refractivity contribution in [1.29, 1.82) is 0 Å². The Morgan fingerprint density at radius 1 is 1.24 bits per heavy atom. The predicted octanol–water partition coefficient (Wildman–Crippen LogP) is 2.88. The van der Waals surface area contributed by atoms with Gasteiger partial charge in [-0.2, -0.15) is 0 Å². The molecule has 1 amide bonds. The van der Waals surface area contributed by atoms with E-state index in [-0.39, 0.29) is 5.91 Å². The van der Waals surface area contributed by atoms with E-state index in [1.54, 1.807) is 17.2 Å². The van der Waals surface area contributed by atoms with Crippen LogP contribution in [0, 0.1) is 0 Å². The highest BCUT2D eigenvalue weighted by molar-refractivity contribution is 5.91. The minimum Gasteiger partial charge on any atom is -0.348 e. The van der Waals surface area contributed by atoms with Crippen LogP contribution in [0.1, 0.15) is 30.8 Å². The van der Waals surface area contributed by atoms with Gasteiger partial charge in [0.1, 0.15) is 5.82 Å². The summed E-state index contributed by atoms with van der Waals surface area (Å²) in [5, 5.41) is 0. The molecular formula is C17H21N3O. The third-order valence-electron chi connectivity index (χ3n) is 3.40. The molecule has 1 aromatic heterocycles. The van der Waals surface area contributed by atoms with Gasteiger partial charge in [0.25, 0.3) is 0 Å². The van der Waals surface area contributed by atoms with Crippen molar-refractivity contribution in [2.45, 2.75) is 20.3 Å². The van der Waals surface area contributed by atoms with Gasteiger partial charge < -0.3 is 9.88 Å². The van der Waals surface area contributed by atoms with Gasteiger partial charge in [0.2, 0.25) is 5.91 Å². The van der Waals surface area contributed by atoms with E-state index >= 15 is 0 Å². The molecule has 0 saturated heterocycles. The number of carbonyl (C=O) groups is 1. The Labute approximate surface area is 125 Å². The SMILES string of the molecule is CCN(CC)C(=O)/C=C/c1ccc(Cc2ncc[nH]2)cc1. The first-order valence-electron chi connectivity index (χ1n) is 7.27. The highest BCUT2D eigenvalue weighted by Crippen LogP contribution is 2.09. The second kappa shape index (κ2) is 7.43. The minimum atomic E-state index is 0.0552. The van der Waals surface area contributed by atoms with Crippen LogP contribution in [-0.4, -0.2) is 33.9 Å². The Kier molecular flexibility index (Phi) is 5.32. The number of carbonyl (C=O) groups excluding carboxylic acids is 1. The predicted molar refractivity (Wildman–Crippen MR) is 84.8 cm³/mol. The summed E-state index contributed by atoms with van der Waals surface area (Å²) in [5.41, 5.74) is 2.22. The molecule has 0 radical (unpaired) electrons. The van der Waals surface area contributed by atoms with E-state index in [0.717, 1.165) is 30.9 Å². The zero-order valence-corrected chi connectivity index (χ0v) is 12.5. The van der Waals surface area contributed by atoms with Crippen molar-refractivity contribution in [2.75, 3.05) is 13.1 Å². The number of nitrogens with zero attached hydrogens (tertiary/aromatic N) is 2. The van der Waals surface area contributed by atoms with Crippen molar-refractivity contribution in [2.24, 2.45) is 0 Å². The summed E-state index contributed by atoms with van der Waals surface area (Å²) in [7, 11) is 0. The van der Waals surface area contributed by atoms with E-state index in [1.807, 2.05) is 38.3 Å². The van der Waals surface area contributed by atoms with Crippen LogP contribution < -0.4 is 0 Å². The Morgan fingerprint density at radius 2 is 1.95 bits per heavy atom. The van der Waals surface area contributed by atoms with Gasteiger partial charge in [0.05, 0.1) is 0 Å². The third kappa shape index (κ3) is 4.31. The van der Waals surface area contributed by atoms with Gasteiger partial charge in [-0.05, 0) is 31.1 Å². The summed E-state index contributed by atoms with van der Waals surface area (Å²) in [6.45, 7) is 5.45. The van der Waals surface area contributed by atoms with Crippen LogP contribution in [0.5, 0.6) is 0 Å². The second-order valence-electron chi connectivity index (χ2n) is 4.80. The maximum atomic E-state index is 11.9. The Balaban J connectivity index is 1.97. The summed E-state index contributed by atoms with van der Waals surface area (Å²) < 4.78 is 0. The first-order valence-corrected chi connectivity index (χ1v) is 7.27. The lowest BCUT2D eigenvalue weighted by Gasteiger charge is -2.15. The molecule has 4 heteroatoms. The summed E-state index contributed by atoms with van der Waals surface area (Å²) in [6.07, 6.45) is 7.86. The topological polar surface area (TPSA) is 49.0 Å². The molecule has 0 aliphatic rings. The molecule has 0 spiro atoms. The maximum absolute atomic E-state index is 11.9. The average molecular weight is 283 g/mol. The number of H-pyrrole nitrogens is 1. The molecule has 0 aliphatic heterocycles. The number of aromatic nitrogens is 2. The van der Waals surface area contributed by atoms with E-state index in [9.17, 15) is 4.79 Å². The largest absolute Gasteiger partial charge is 0.348 e. The summed E-state index contributed by atoms with van der Waals surface area (Å²) >= 11 is 0. The normalized spacial score (nSPS) is 11.0. The first kappa shape index (κ1) is 15.0. The molecule has 0 atom stereocenters. The van der Waals surface area contributed by atoms with Crippen LogP contribution in [-0.2, 0) is 11.2 Å². The van der Waals surface area contributed by atoms with Crippen molar-refractivity contribution in [1.82, 2.24) is 14.9 Å². The smallest absolute Gasteiger partial charge is 0.246 e. The molecule has 0 unspecified atom stereocenters. The van der Waals surface area contributed by atoms with Gasteiger partial charge in [0, 0.05) is 38.0 Å². The highest BCUT2D eigenvalue weighted by Gasteiger charge is 2.04. The minimum absolute atomic E-state index is 0.0552. The van der Waals surface area contributed by atoms with Crippen LogP contribution in [0.4, 0.5) is 0 Å². The van der Waals surface area contributed by atoms with E-state index in [0.29, 0.717) is 0 Å². The van der Waals surface area contributed by atoms with E-state index < -0.39 is 0 Å². The number of hydrogen-bond acceptors (Lipinski definition) is 2. The first-order chi connectivity index (χ1) is 10.2. The van der Waals surface area contributed by atoms with Gasteiger partial charge in [0.15, 0.2) is 0 Å². The van der Waals surface area contributed by atoms with Crippen molar-refractivity contribution in [3.8, 4) is 0 Å². The Morgan fingerprint density at radius 3 is 2.52 bits per heavy atom. The quantitative estimate of drug-likeness (QED) is 0.829. The van der Waals surface area contributed by atoms with E-state index in [2.05, 4.69) is 22.1 Å². The molecule has 0 fully saturated rings. The molecule has 2 aromatic rings. The molecule has 0 aliphatic carbocycles. The molecule has 0 bridgehead atoms. The number of aromatic amines is 1. The standard InChI is InChI=1S/C17H21N3O/c1-3-20(4-2)17(21)10-9-14-5-7-15(8-6-14)13-16-18-11-12-19-16/h5-12H,3-4,13H2,1-2H3,(H,18,19)/b10-9+. The molecule has 110 valence electrons. The van der Waals surface area contributed by atoms with Crippen LogP contribution in [0.25, 0.3) is 6.08 Å². The van der Waals surface area contributed by atoms with Crippen molar-refractivity contribution < 1.29 is 4.79 Å². The number of rotatable bonds is 6. The van der Waals surface area contributed by atoms with Crippen molar-refractivity contribution >= 4 is 12.0 Å². The van der Waals surface area contributed by atoms with Crippen LogP contribution in [0.2, 0.25) is 0 Å². The van der Waals surface area contributed by atoms with Crippen molar-refractivity contribution in [3.63, 3.8) is 0 Å². The zero-order valence-electron chi connectivity index (χ0n) is 12.5. The molecule has 1 heterocycles. The maximum Gasteiger partial charge on any atom is 0.246 e. The molecular weight excluding hydrogens is 262 g/mol. The number of nitrogens with one attached hydrogen (secondary N) is 1. The van der Waals surface area contributed by atoms with Gasteiger partial charge in [-0.3, -0.25) is 4.79 Å². The fourth-order valence-corrected chi connectivity index (χ4v) is 2.14. The van der Waals surface area contributed by atoms with Gasteiger partial charge >= 0.3 is 0 Å². The van der Waals surface area contributed by atoms with E-state index in [4.69, 9.17) is 0 Å². The van der Waals surface area contributed by atoms with Crippen LogP contribution in [0.3, 0.4) is 0 Å². The van der Waals surface area contributed by atoms with Crippen molar-refractivity contribution in [3.05, 3.63) is 59.7 Å². The lowest BCUT2D eigenvalue weighted by molar-refractivity contribution is -0.125. The summed E-state index contributed by atoms with van der Waals surface area (Å²) in [6, 6.07) is 8.16. The monoisotopic (exact) mass is 283 g/mol. The van der Waals surface area contributed by atoms with Gasteiger partial charge in [-0.25, -0.2) is 4.98 Å². The number of imidazole rings is 1. The van der Waals surface area contributed by atoms with Crippen LogP contribution in [0.15, 0.2) is 42.7 Å². The van der Waals surface area contributed by atoms with Gasteiger partial charge in [-0.1, -0.05) is 24.3 Å². The van der Waals surface area contributed by atoms with Crippen LogP contribution >= 0.6 is 0 Å². The van der Waals surface area contributed by atoms with Gasteiger partial charge in [-0.15, -0.1) is 0 Å². The Hall–Kier alpha value is -2.36. The molecule has 0 saturated carbocycles. The molecule has 21 heavy (non-hydrogen) atoms.